The first-order valence-electron chi connectivity index (χ1n) is 5.52. The molecule has 0 aliphatic carbocycles. The largest absolute Gasteiger partial charge is 0.326 e. The lowest BCUT2D eigenvalue weighted by Crippen LogP contribution is -1.96. The molecule has 94 valence electrons. The number of aryl methyl sites for hydroxylation is 1. The van der Waals surface area contributed by atoms with Crippen molar-refractivity contribution in [3.05, 3.63) is 59.2 Å². The van der Waals surface area contributed by atoms with E-state index < -0.39 is 11.6 Å². The molecule has 18 heavy (non-hydrogen) atoms. The molecule has 0 amide bonds. The maximum absolute atomic E-state index is 13.5. The molecule has 2 aromatic carbocycles. The minimum Gasteiger partial charge on any atom is -0.326 e. The lowest BCUT2D eigenvalue weighted by atomic mass is 10.1. The molecule has 0 atom stereocenters. The quantitative estimate of drug-likeness (QED) is 0.911. The molecule has 0 spiro atoms. The zero-order chi connectivity index (χ0) is 13.1. The standard InChI is InChI=1S/C14H13F2NS/c1-9-6-10(8-17)2-5-13(9)18-14-7-11(15)3-4-12(14)16/h2-7H,8,17H2,1H3. The normalized spacial score (nSPS) is 10.7. The fourth-order valence-corrected chi connectivity index (χ4v) is 2.56. The van der Waals surface area contributed by atoms with Gasteiger partial charge in [0.1, 0.15) is 11.6 Å². The lowest BCUT2D eigenvalue weighted by molar-refractivity contribution is 0.577. The first kappa shape index (κ1) is 13.1. The van der Waals surface area contributed by atoms with Crippen molar-refractivity contribution in [1.82, 2.24) is 0 Å². The number of hydrogen-bond donors (Lipinski definition) is 1. The maximum Gasteiger partial charge on any atom is 0.137 e. The van der Waals surface area contributed by atoms with Crippen molar-refractivity contribution < 1.29 is 8.78 Å². The van der Waals surface area contributed by atoms with Crippen molar-refractivity contribution in [2.24, 2.45) is 5.73 Å². The Morgan fingerprint density at radius 3 is 2.50 bits per heavy atom. The van der Waals surface area contributed by atoms with Crippen molar-refractivity contribution in [2.45, 2.75) is 23.3 Å². The van der Waals surface area contributed by atoms with Gasteiger partial charge in [-0.3, -0.25) is 0 Å². The average molecular weight is 265 g/mol. The van der Waals surface area contributed by atoms with Gasteiger partial charge in [-0.15, -0.1) is 0 Å². The minimum absolute atomic E-state index is 0.290. The molecule has 0 unspecified atom stereocenters. The van der Waals surface area contributed by atoms with Gasteiger partial charge in [0.05, 0.1) is 4.90 Å². The molecule has 0 bridgehead atoms. The first-order chi connectivity index (χ1) is 8.60. The van der Waals surface area contributed by atoms with Gasteiger partial charge in [0.2, 0.25) is 0 Å². The number of benzene rings is 2. The van der Waals surface area contributed by atoms with Crippen LogP contribution in [0.1, 0.15) is 11.1 Å². The Labute approximate surface area is 109 Å². The monoisotopic (exact) mass is 265 g/mol. The lowest BCUT2D eigenvalue weighted by Gasteiger charge is -2.08. The molecule has 0 radical (unpaired) electrons. The summed E-state index contributed by atoms with van der Waals surface area (Å²) in [5.41, 5.74) is 7.58. The van der Waals surface area contributed by atoms with Gasteiger partial charge in [0.25, 0.3) is 0 Å². The van der Waals surface area contributed by atoms with Crippen molar-refractivity contribution in [3.8, 4) is 0 Å². The summed E-state index contributed by atoms with van der Waals surface area (Å²) in [7, 11) is 0. The molecule has 0 fully saturated rings. The molecule has 0 aliphatic rings. The van der Waals surface area contributed by atoms with Crippen molar-refractivity contribution in [1.29, 1.82) is 0 Å². The van der Waals surface area contributed by atoms with E-state index in [2.05, 4.69) is 0 Å². The van der Waals surface area contributed by atoms with E-state index in [0.29, 0.717) is 11.4 Å². The zero-order valence-corrected chi connectivity index (χ0v) is 10.7. The van der Waals surface area contributed by atoms with Gasteiger partial charge >= 0.3 is 0 Å². The highest BCUT2D eigenvalue weighted by molar-refractivity contribution is 7.99. The Morgan fingerprint density at radius 1 is 1.06 bits per heavy atom. The summed E-state index contributed by atoms with van der Waals surface area (Å²) < 4.78 is 26.6. The fraction of sp³-hybridized carbons (Fsp3) is 0.143. The molecule has 0 saturated carbocycles. The van der Waals surface area contributed by atoms with Crippen LogP contribution in [-0.4, -0.2) is 0 Å². The van der Waals surface area contributed by atoms with Crippen LogP contribution in [0.4, 0.5) is 8.78 Å². The first-order valence-corrected chi connectivity index (χ1v) is 6.34. The Balaban J connectivity index is 2.31. The topological polar surface area (TPSA) is 26.0 Å². The van der Waals surface area contributed by atoms with Crippen LogP contribution in [-0.2, 0) is 6.54 Å². The van der Waals surface area contributed by atoms with Gasteiger partial charge in [0, 0.05) is 11.4 Å². The highest BCUT2D eigenvalue weighted by Gasteiger charge is 2.08. The predicted octanol–water partition coefficient (Wildman–Crippen LogP) is 3.88. The number of nitrogens with two attached hydrogens (primary N) is 1. The number of rotatable bonds is 3. The second-order valence-corrected chi connectivity index (χ2v) is 5.06. The third-order valence-electron chi connectivity index (χ3n) is 2.59. The van der Waals surface area contributed by atoms with E-state index in [4.69, 9.17) is 5.73 Å². The van der Waals surface area contributed by atoms with E-state index >= 15 is 0 Å². The van der Waals surface area contributed by atoms with Crippen molar-refractivity contribution in [3.63, 3.8) is 0 Å². The predicted molar refractivity (Wildman–Crippen MR) is 69.6 cm³/mol. The Bertz CT molecular complexity index is 570. The van der Waals surface area contributed by atoms with Crippen molar-refractivity contribution in [2.75, 3.05) is 0 Å². The van der Waals surface area contributed by atoms with E-state index in [9.17, 15) is 8.78 Å². The molecule has 0 saturated heterocycles. The van der Waals surface area contributed by atoms with E-state index in [1.54, 1.807) is 0 Å². The van der Waals surface area contributed by atoms with Crippen LogP contribution in [0, 0.1) is 18.6 Å². The third-order valence-corrected chi connectivity index (χ3v) is 3.80. The molecular weight excluding hydrogens is 252 g/mol. The SMILES string of the molecule is Cc1cc(CN)ccc1Sc1cc(F)ccc1F. The maximum atomic E-state index is 13.5. The van der Waals surface area contributed by atoms with E-state index in [1.165, 1.54) is 17.8 Å². The van der Waals surface area contributed by atoms with Crippen LogP contribution >= 0.6 is 11.8 Å². The summed E-state index contributed by atoms with van der Waals surface area (Å²) in [5, 5.41) is 0. The van der Waals surface area contributed by atoms with Crippen molar-refractivity contribution >= 4 is 11.8 Å². The second kappa shape index (κ2) is 5.50. The summed E-state index contributed by atoms with van der Waals surface area (Å²) in [6.45, 7) is 2.40. The summed E-state index contributed by atoms with van der Waals surface area (Å²) in [6.07, 6.45) is 0. The summed E-state index contributed by atoms with van der Waals surface area (Å²) in [4.78, 5) is 1.19. The molecule has 0 aromatic heterocycles. The second-order valence-electron chi connectivity index (χ2n) is 3.98. The number of hydrogen-bond acceptors (Lipinski definition) is 2. The van der Waals surface area contributed by atoms with Gasteiger partial charge < -0.3 is 5.73 Å². The summed E-state index contributed by atoms with van der Waals surface area (Å²) in [5.74, 6) is -0.848. The molecule has 2 N–H and O–H groups in total. The zero-order valence-electron chi connectivity index (χ0n) is 9.91. The summed E-state index contributed by atoms with van der Waals surface area (Å²) >= 11 is 1.22. The molecule has 1 nitrogen and oxygen atoms in total. The Kier molecular flexibility index (Phi) is 3.99. The van der Waals surface area contributed by atoms with Crippen LogP contribution in [0.5, 0.6) is 0 Å². The van der Waals surface area contributed by atoms with E-state index in [1.807, 2.05) is 25.1 Å². The highest BCUT2D eigenvalue weighted by atomic mass is 32.2. The van der Waals surface area contributed by atoms with Crippen LogP contribution in [0.25, 0.3) is 0 Å². The van der Waals surface area contributed by atoms with Gasteiger partial charge in [-0.05, 0) is 42.3 Å². The van der Waals surface area contributed by atoms with Gasteiger partial charge in [-0.2, -0.15) is 0 Å². The van der Waals surface area contributed by atoms with E-state index in [0.717, 1.165) is 28.2 Å². The minimum atomic E-state index is -0.435. The summed E-state index contributed by atoms with van der Waals surface area (Å²) in [6, 6.07) is 9.19. The van der Waals surface area contributed by atoms with Gasteiger partial charge in [-0.1, -0.05) is 23.9 Å². The Morgan fingerprint density at radius 2 is 1.83 bits per heavy atom. The fourth-order valence-electron chi connectivity index (χ4n) is 1.63. The van der Waals surface area contributed by atoms with Gasteiger partial charge in [0.15, 0.2) is 0 Å². The highest BCUT2D eigenvalue weighted by Crippen LogP contribution is 2.32. The van der Waals surface area contributed by atoms with Crippen LogP contribution in [0.3, 0.4) is 0 Å². The van der Waals surface area contributed by atoms with Crippen LogP contribution in [0.2, 0.25) is 0 Å². The average Bonchev–Trinajstić information content (AvgIpc) is 2.36. The smallest absolute Gasteiger partial charge is 0.137 e. The molecule has 2 rings (SSSR count). The van der Waals surface area contributed by atoms with E-state index in [-0.39, 0.29) is 0 Å². The molecule has 0 heterocycles. The van der Waals surface area contributed by atoms with Crippen LogP contribution < -0.4 is 5.73 Å². The third kappa shape index (κ3) is 2.89. The molecule has 4 heteroatoms. The molecule has 2 aromatic rings. The Hall–Kier alpha value is -1.39. The van der Waals surface area contributed by atoms with Crippen LogP contribution in [0.15, 0.2) is 46.2 Å². The number of halogens is 2. The van der Waals surface area contributed by atoms with Gasteiger partial charge in [-0.25, -0.2) is 8.78 Å². The molecular formula is C14H13F2NS. The molecule has 0 aliphatic heterocycles.